The van der Waals surface area contributed by atoms with Crippen LogP contribution < -0.4 is 5.32 Å². The number of piperidine rings is 1. The highest BCUT2D eigenvalue weighted by molar-refractivity contribution is 7.89. The Morgan fingerprint density at radius 1 is 1.15 bits per heavy atom. The number of rotatable bonds is 7. The zero-order valence-corrected chi connectivity index (χ0v) is 16.9. The molecule has 2 rings (SSSR count). The summed E-state index contributed by atoms with van der Waals surface area (Å²) in [5.74, 6) is -0.220. The Morgan fingerprint density at radius 3 is 2.30 bits per heavy atom. The molecule has 27 heavy (non-hydrogen) atoms. The van der Waals surface area contributed by atoms with Gasteiger partial charge in [-0.15, -0.1) is 0 Å². The van der Waals surface area contributed by atoms with Crippen molar-refractivity contribution >= 4 is 27.6 Å². The van der Waals surface area contributed by atoms with E-state index in [-0.39, 0.29) is 17.9 Å². The molecule has 1 aromatic carbocycles. The van der Waals surface area contributed by atoms with Gasteiger partial charge in [-0.2, -0.15) is 4.31 Å². The van der Waals surface area contributed by atoms with Crippen molar-refractivity contribution in [1.29, 1.82) is 0 Å². The summed E-state index contributed by atoms with van der Waals surface area (Å²) in [6.45, 7) is 6.65. The number of nitrogens with one attached hydrogen (secondary N) is 1. The van der Waals surface area contributed by atoms with Gasteiger partial charge in [0.05, 0.1) is 4.90 Å². The van der Waals surface area contributed by atoms with Crippen LogP contribution in [0.3, 0.4) is 0 Å². The van der Waals surface area contributed by atoms with E-state index < -0.39 is 21.9 Å². The summed E-state index contributed by atoms with van der Waals surface area (Å²) < 4.78 is 32.0. The molecule has 150 valence electrons. The lowest BCUT2D eigenvalue weighted by molar-refractivity contribution is -0.147. The van der Waals surface area contributed by atoms with Gasteiger partial charge in [0.15, 0.2) is 6.61 Å². The SMILES string of the molecule is CCCC(=O)OCC(=O)Nc1ccc(S(=O)(=O)N2C[C@@H](C)C[C@H](C)C2)cc1. The van der Waals surface area contributed by atoms with E-state index in [9.17, 15) is 18.0 Å². The third-order valence-electron chi connectivity index (χ3n) is 4.43. The van der Waals surface area contributed by atoms with Crippen LogP contribution in [0.15, 0.2) is 29.2 Å². The molecule has 1 N–H and O–H groups in total. The zero-order chi connectivity index (χ0) is 20.0. The number of nitrogens with zero attached hydrogens (tertiary/aromatic N) is 1. The van der Waals surface area contributed by atoms with E-state index >= 15 is 0 Å². The van der Waals surface area contributed by atoms with E-state index in [0.717, 1.165) is 6.42 Å². The molecule has 0 radical (unpaired) electrons. The maximum atomic E-state index is 12.8. The van der Waals surface area contributed by atoms with Crippen molar-refractivity contribution in [3.63, 3.8) is 0 Å². The van der Waals surface area contributed by atoms with E-state index in [1.54, 1.807) is 0 Å². The van der Waals surface area contributed by atoms with Crippen molar-refractivity contribution in [1.82, 2.24) is 4.31 Å². The summed E-state index contributed by atoms with van der Waals surface area (Å²) in [6.07, 6.45) is 1.96. The van der Waals surface area contributed by atoms with Crippen molar-refractivity contribution in [2.45, 2.75) is 44.9 Å². The van der Waals surface area contributed by atoms with E-state index in [1.807, 2.05) is 6.92 Å². The fourth-order valence-corrected chi connectivity index (χ4v) is 4.96. The minimum Gasteiger partial charge on any atom is -0.456 e. The topological polar surface area (TPSA) is 92.8 Å². The standard InChI is InChI=1S/C19H28N2O5S/c1-4-5-19(23)26-13-18(22)20-16-6-8-17(9-7-16)27(24,25)21-11-14(2)10-15(3)12-21/h6-9,14-15H,4-5,10-13H2,1-3H3,(H,20,22)/t14-,15-/m0/s1. The Morgan fingerprint density at radius 2 is 1.74 bits per heavy atom. The van der Waals surface area contributed by atoms with Gasteiger partial charge in [0.25, 0.3) is 5.91 Å². The van der Waals surface area contributed by atoms with Crippen LogP contribution in [0.4, 0.5) is 5.69 Å². The molecule has 1 saturated heterocycles. The lowest BCUT2D eigenvalue weighted by Crippen LogP contribution is -2.42. The number of carbonyl (C=O) groups excluding carboxylic acids is 2. The Hall–Kier alpha value is -1.93. The van der Waals surface area contributed by atoms with Gasteiger partial charge in [-0.05, 0) is 48.9 Å². The largest absolute Gasteiger partial charge is 0.456 e. The number of carbonyl (C=O) groups is 2. The van der Waals surface area contributed by atoms with Crippen molar-refractivity contribution < 1.29 is 22.7 Å². The molecule has 1 aliphatic heterocycles. The van der Waals surface area contributed by atoms with Crippen molar-refractivity contribution in [2.24, 2.45) is 11.8 Å². The fourth-order valence-electron chi connectivity index (χ4n) is 3.28. The molecule has 1 fully saturated rings. The maximum Gasteiger partial charge on any atom is 0.306 e. The van der Waals surface area contributed by atoms with Crippen LogP contribution in [0, 0.1) is 11.8 Å². The van der Waals surface area contributed by atoms with Crippen molar-refractivity contribution in [3.05, 3.63) is 24.3 Å². The minimum absolute atomic E-state index is 0.205. The van der Waals surface area contributed by atoms with Crippen LogP contribution in [0.25, 0.3) is 0 Å². The summed E-state index contributed by atoms with van der Waals surface area (Å²) in [4.78, 5) is 23.3. The summed E-state index contributed by atoms with van der Waals surface area (Å²) in [6, 6.07) is 6.04. The van der Waals surface area contributed by atoms with Gasteiger partial charge in [0, 0.05) is 25.2 Å². The molecule has 1 heterocycles. The second-order valence-corrected chi connectivity index (χ2v) is 9.19. The Kier molecular flexibility index (Phi) is 7.38. The van der Waals surface area contributed by atoms with Gasteiger partial charge in [-0.3, -0.25) is 9.59 Å². The van der Waals surface area contributed by atoms with E-state index in [1.165, 1.54) is 28.6 Å². The van der Waals surface area contributed by atoms with Crippen LogP contribution in [0.2, 0.25) is 0 Å². The van der Waals surface area contributed by atoms with E-state index in [4.69, 9.17) is 4.74 Å². The monoisotopic (exact) mass is 396 g/mol. The van der Waals surface area contributed by atoms with E-state index in [2.05, 4.69) is 19.2 Å². The average molecular weight is 397 g/mol. The Labute approximate surface area is 161 Å². The molecule has 0 unspecified atom stereocenters. The number of anilines is 1. The zero-order valence-electron chi connectivity index (χ0n) is 16.1. The number of ether oxygens (including phenoxy) is 1. The molecule has 8 heteroatoms. The Bertz CT molecular complexity index is 751. The summed E-state index contributed by atoms with van der Waals surface area (Å²) in [5.41, 5.74) is 0.450. The minimum atomic E-state index is -3.55. The summed E-state index contributed by atoms with van der Waals surface area (Å²) in [7, 11) is -3.55. The molecule has 7 nitrogen and oxygen atoms in total. The first-order valence-electron chi connectivity index (χ1n) is 9.28. The van der Waals surface area contributed by atoms with Crippen LogP contribution >= 0.6 is 0 Å². The highest BCUT2D eigenvalue weighted by atomic mass is 32.2. The average Bonchev–Trinajstić information content (AvgIpc) is 2.60. The first-order chi connectivity index (χ1) is 12.7. The Balaban J connectivity index is 1.97. The van der Waals surface area contributed by atoms with Gasteiger partial charge in [0.1, 0.15) is 0 Å². The lowest BCUT2D eigenvalue weighted by atomic mass is 9.94. The lowest BCUT2D eigenvalue weighted by Gasteiger charge is -2.34. The van der Waals surface area contributed by atoms with Gasteiger partial charge in [-0.1, -0.05) is 20.8 Å². The number of benzene rings is 1. The molecule has 1 aliphatic rings. The van der Waals surface area contributed by atoms with Gasteiger partial charge < -0.3 is 10.1 Å². The number of hydrogen-bond donors (Lipinski definition) is 1. The van der Waals surface area contributed by atoms with Crippen LogP contribution in [0.1, 0.15) is 40.0 Å². The highest BCUT2D eigenvalue weighted by Crippen LogP contribution is 2.27. The third-order valence-corrected chi connectivity index (χ3v) is 6.28. The quantitative estimate of drug-likeness (QED) is 0.715. The molecular formula is C19H28N2O5S. The second kappa shape index (κ2) is 9.32. The molecule has 0 saturated carbocycles. The first kappa shape index (κ1) is 21.4. The van der Waals surface area contributed by atoms with Gasteiger partial charge >= 0.3 is 5.97 Å². The van der Waals surface area contributed by atoms with Crippen LogP contribution in [-0.4, -0.2) is 44.3 Å². The first-order valence-corrected chi connectivity index (χ1v) is 10.7. The maximum absolute atomic E-state index is 12.8. The highest BCUT2D eigenvalue weighted by Gasteiger charge is 2.31. The third kappa shape index (κ3) is 6.04. The molecule has 0 aromatic heterocycles. The van der Waals surface area contributed by atoms with Crippen molar-refractivity contribution in [3.8, 4) is 0 Å². The molecule has 0 spiro atoms. The van der Waals surface area contributed by atoms with Crippen molar-refractivity contribution in [2.75, 3.05) is 25.0 Å². The normalized spacial score (nSPS) is 20.9. The second-order valence-electron chi connectivity index (χ2n) is 7.25. The van der Waals surface area contributed by atoms with Gasteiger partial charge in [-0.25, -0.2) is 8.42 Å². The number of amides is 1. The molecule has 2 atom stereocenters. The predicted octanol–water partition coefficient (Wildman–Crippen LogP) is 2.64. The fraction of sp³-hybridized carbons (Fsp3) is 0.579. The number of esters is 1. The van der Waals surface area contributed by atoms with Gasteiger partial charge in [0.2, 0.25) is 10.0 Å². The summed E-state index contributed by atoms with van der Waals surface area (Å²) >= 11 is 0. The number of sulfonamides is 1. The smallest absolute Gasteiger partial charge is 0.306 e. The molecular weight excluding hydrogens is 368 g/mol. The molecule has 0 bridgehead atoms. The van der Waals surface area contributed by atoms with E-state index in [0.29, 0.717) is 37.0 Å². The summed E-state index contributed by atoms with van der Waals surface area (Å²) in [5, 5.41) is 2.59. The molecule has 0 aliphatic carbocycles. The number of hydrogen-bond acceptors (Lipinski definition) is 5. The van der Waals surface area contributed by atoms with Crippen LogP contribution in [0.5, 0.6) is 0 Å². The predicted molar refractivity (Wildman–Crippen MR) is 103 cm³/mol. The molecule has 1 amide bonds. The molecule has 1 aromatic rings. The van der Waals surface area contributed by atoms with Crippen LogP contribution in [-0.2, 0) is 24.3 Å².